The SMILES string of the molecule is CCNC(=NCc1cc(OC)c(O)c(OC)c1)NCc1cccc(C)c1. The Balaban J connectivity index is 2.11. The molecule has 0 amide bonds. The van der Waals surface area contributed by atoms with E-state index in [2.05, 4.69) is 40.7 Å². The fourth-order valence-corrected chi connectivity index (χ4v) is 2.56. The number of aryl methyl sites for hydroxylation is 1. The highest BCUT2D eigenvalue weighted by Crippen LogP contribution is 2.37. The van der Waals surface area contributed by atoms with Crippen molar-refractivity contribution in [2.75, 3.05) is 20.8 Å². The Morgan fingerprint density at radius 2 is 1.73 bits per heavy atom. The number of phenols is 1. The van der Waals surface area contributed by atoms with Gasteiger partial charge in [-0.1, -0.05) is 29.8 Å². The molecule has 0 fully saturated rings. The van der Waals surface area contributed by atoms with Crippen LogP contribution in [-0.4, -0.2) is 31.8 Å². The summed E-state index contributed by atoms with van der Waals surface area (Å²) in [6, 6.07) is 11.9. The first-order chi connectivity index (χ1) is 12.6. The van der Waals surface area contributed by atoms with Gasteiger partial charge in [0.1, 0.15) is 0 Å². The molecule has 0 spiro atoms. The molecule has 2 aromatic rings. The third kappa shape index (κ3) is 5.31. The van der Waals surface area contributed by atoms with E-state index < -0.39 is 0 Å². The van der Waals surface area contributed by atoms with Crippen molar-refractivity contribution in [2.24, 2.45) is 4.99 Å². The van der Waals surface area contributed by atoms with Gasteiger partial charge in [-0.2, -0.15) is 0 Å². The third-order valence-electron chi connectivity index (χ3n) is 3.85. The minimum atomic E-state index is -0.00721. The number of phenolic OH excluding ortho intramolecular Hbond substituents is 1. The van der Waals surface area contributed by atoms with Crippen LogP contribution in [0.3, 0.4) is 0 Å². The lowest BCUT2D eigenvalue weighted by atomic mass is 10.1. The summed E-state index contributed by atoms with van der Waals surface area (Å²) in [5, 5.41) is 16.6. The second kappa shape index (κ2) is 9.56. The van der Waals surface area contributed by atoms with Crippen LogP contribution >= 0.6 is 0 Å². The highest BCUT2D eigenvalue weighted by atomic mass is 16.5. The lowest BCUT2D eigenvalue weighted by Gasteiger charge is -2.13. The first-order valence-electron chi connectivity index (χ1n) is 8.59. The molecule has 6 nitrogen and oxygen atoms in total. The average Bonchev–Trinajstić information content (AvgIpc) is 2.64. The number of methoxy groups -OCH3 is 2. The Labute approximate surface area is 154 Å². The maximum absolute atomic E-state index is 10.00. The van der Waals surface area contributed by atoms with E-state index >= 15 is 0 Å². The summed E-state index contributed by atoms with van der Waals surface area (Å²) < 4.78 is 10.4. The van der Waals surface area contributed by atoms with E-state index in [-0.39, 0.29) is 5.75 Å². The molecule has 0 aliphatic rings. The Morgan fingerprint density at radius 3 is 2.31 bits per heavy atom. The van der Waals surface area contributed by atoms with Gasteiger partial charge in [-0.05, 0) is 37.1 Å². The standard InChI is InChI=1S/C20H27N3O3/c1-5-21-20(22-12-15-8-6-7-14(2)9-15)23-13-16-10-17(25-3)19(24)18(11-16)26-4/h6-11,24H,5,12-13H2,1-4H3,(H2,21,22,23). The molecule has 0 saturated heterocycles. The molecule has 0 radical (unpaired) electrons. The number of aromatic hydroxyl groups is 1. The zero-order chi connectivity index (χ0) is 18.9. The summed E-state index contributed by atoms with van der Waals surface area (Å²) in [6.07, 6.45) is 0. The molecule has 0 aromatic heterocycles. The van der Waals surface area contributed by atoms with Gasteiger partial charge in [0.15, 0.2) is 17.5 Å². The quantitative estimate of drug-likeness (QED) is 0.525. The Kier molecular flexibility index (Phi) is 7.14. The number of hydrogen-bond donors (Lipinski definition) is 3. The number of nitrogens with one attached hydrogen (secondary N) is 2. The molecular weight excluding hydrogens is 330 g/mol. The molecule has 0 atom stereocenters. The lowest BCUT2D eigenvalue weighted by Crippen LogP contribution is -2.36. The minimum Gasteiger partial charge on any atom is -0.502 e. The molecular formula is C20H27N3O3. The van der Waals surface area contributed by atoms with Crippen LogP contribution in [0.1, 0.15) is 23.6 Å². The molecule has 0 unspecified atom stereocenters. The van der Waals surface area contributed by atoms with Gasteiger partial charge in [0, 0.05) is 13.1 Å². The summed E-state index contributed by atoms with van der Waals surface area (Å²) in [4.78, 5) is 4.60. The van der Waals surface area contributed by atoms with Gasteiger partial charge in [0.05, 0.1) is 20.8 Å². The van der Waals surface area contributed by atoms with Crippen LogP contribution in [0.2, 0.25) is 0 Å². The highest BCUT2D eigenvalue weighted by molar-refractivity contribution is 5.79. The molecule has 26 heavy (non-hydrogen) atoms. The Morgan fingerprint density at radius 1 is 1.04 bits per heavy atom. The van der Waals surface area contributed by atoms with Crippen LogP contribution in [0, 0.1) is 6.92 Å². The summed E-state index contributed by atoms with van der Waals surface area (Å²) in [5.74, 6) is 1.45. The lowest BCUT2D eigenvalue weighted by molar-refractivity contribution is 0.339. The van der Waals surface area contributed by atoms with Gasteiger partial charge in [-0.3, -0.25) is 0 Å². The summed E-state index contributed by atoms with van der Waals surface area (Å²) in [5.41, 5.74) is 3.31. The van der Waals surface area contributed by atoms with Crippen molar-refractivity contribution < 1.29 is 14.6 Å². The molecule has 140 valence electrons. The maximum Gasteiger partial charge on any atom is 0.200 e. The number of guanidine groups is 1. The van der Waals surface area contributed by atoms with Crippen LogP contribution in [0.15, 0.2) is 41.4 Å². The van der Waals surface area contributed by atoms with Gasteiger partial charge in [-0.15, -0.1) is 0 Å². The number of nitrogens with zero attached hydrogens (tertiary/aromatic N) is 1. The van der Waals surface area contributed by atoms with Crippen LogP contribution in [0.4, 0.5) is 0 Å². The van der Waals surface area contributed by atoms with E-state index in [4.69, 9.17) is 9.47 Å². The van der Waals surface area contributed by atoms with Gasteiger partial charge in [0.2, 0.25) is 5.75 Å². The van der Waals surface area contributed by atoms with Crippen LogP contribution in [0.5, 0.6) is 17.2 Å². The average molecular weight is 357 g/mol. The van der Waals surface area contributed by atoms with Gasteiger partial charge in [-0.25, -0.2) is 4.99 Å². The number of hydrogen-bond acceptors (Lipinski definition) is 4. The van der Waals surface area contributed by atoms with E-state index in [1.54, 1.807) is 12.1 Å². The predicted octanol–water partition coefficient (Wildman–Crippen LogP) is 2.97. The number of rotatable bonds is 7. The molecule has 0 aliphatic heterocycles. The van der Waals surface area contributed by atoms with Crippen molar-refractivity contribution in [1.29, 1.82) is 0 Å². The van der Waals surface area contributed by atoms with E-state index in [9.17, 15) is 5.11 Å². The summed E-state index contributed by atoms with van der Waals surface area (Å²) in [6.45, 7) is 5.98. The second-order valence-corrected chi connectivity index (χ2v) is 5.89. The molecule has 0 aliphatic carbocycles. The molecule has 0 saturated carbocycles. The zero-order valence-corrected chi connectivity index (χ0v) is 15.8. The van der Waals surface area contributed by atoms with Crippen LogP contribution in [-0.2, 0) is 13.1 Å². The van der Waals surface area contributed by atoms with Crippen LogP contribution in [0.25, 0.3) is 0 Å². The maximum atomic E-state index is 10.00. The Hall–Kier alpha value is -2.89. The molecule has 0 bridgehead atoms. The normalized spacial score (nSPS) is 11.2. The largest absolute Gasteiger partial charge is 0.502 e. The van der Waals surface area contributed by atoms with Crippen molar-refractivity contribution in [1.82, 2.24) is 10.6 Å². The molecule has 3 N–H and O–H groups in total. The smallest absolute Gasteiger partial charge is 0.200 e. The monoisotopic (exact) mass is 357 g/mol. The van der Waals surface area contributed by atoms with Crippen molar-refractivity contribution >= 4 is 5.96 Å². The second-order valence-electron chi connectivity index (χ2n) is 5.89. The van der Waals surface area contributed by atoms with E-state index in [0.29, 0.717) is 24.6 Å². The van der Waals surface area contributed by atoms with Crippen molar-refractivity contribution in [2.45, 2.75) is 26.9 Å². The van der Waals surface area contributed by atoms with Crippen molar-refractivity contribution in [3.05, 3.63) is 53.1 Å². The molecule has 0 heterocycles. The van der Waals surface area contributed by atoms with Gasteiger partial charge < -0.3 is 25.2 Å². The number of aliphatic imine (C=N–C) groups is 1. The topological polar surface area (TPSA) is 75.1 Å². The van der Waals surface area contributed by atoms with Crippen molar-refractivity contribution in [3.63, 3.8) is 0 Å². The first-order valence-corrected chi connectivity index (χ1v) is 8.59. The van der Waals surface area contributed by atoms with E-state index in [1.807, 2.05) is 13.0 Å². The molecule has 2 rings (SSSR count). The summed E-state index contributed by atoms with van der Waals surface area (Å²) in [7, 11) is 3.02. The van der Waals surface area contributed by atoms with Gasteiger partial charge >= 0.3 is 0 Å². The zero-order valence-electron chi connectivity index (χ0n) is 15.8. The predicted molar refractivity (Wildman–Crippen MR) is 104 cm³/mol. The highest BCUT2D eigenvalue weighted by Gasteiger charge is 2.11. The fraction of sp³-hybridized carbons (Fsp3) is 0.350. The number of benzene rings is 2. The van der Waals surface area contributed by atoms with E-state index in [0.717, 1.165) is 18.1 Å². The van der Waals surface area contributed by atoms with E-state index in [1.165, 1.54) is 25.3 Å². The Bertz CT molecular complexity index is 735. The fourth-order valence-electron chi connectivity index (χ4n) is 2.56. The molecule has 6 heteroatoms. The molecule has 2 aromatic carbocycles. The first kappa shape index (κ1) is 19.4. The minimum absolute atomic E-state index is 0.00721. The van der Waals surface area contributed by atoms with Crippen LogP contribution < -0.4 is 20.1 Å². The van der Waals surface area contributed by atoms with Crippen molar-refractivity contribution in [3.8, 4) is 17.2 Å². The third-order valence-corrected chi connectivity index (χ3v) is 3.85. The van der Waals surface area contributed by atoms with Gasteiger partial charge in [0.25, 0.3) is 0 Å². The summed E-state index contributed by atoms with van der Waals surface area (Å²) >= 11 is 0. The number of ether oxygens (including phenoxy) is 2.